The molecule has 0 amide bonds. The first-order chi connectivity index (χ1) is 5.53. The molecule has 7 unspecified atom stereocenters. The number of fused-ring (bicyclic) bond motifs is 1. The molecule has 5 rings (SSSR count). The minimum absolute atomic E-state index is 0.773. The molecular weight excluding hydrogens is 144 g/mol. The van der Waals surface area contributed by atoms with E-state index in [1.165, 1.54) is 12.3 Å². The fourth-order valence-corrected chi connectivity index (χ4v) is 6.94. The van der Waals surface area contributed by atoms with Crippen LogP contribution in [0.2, 0.25) is 0 Å². The maximum Gasteiger partial charge on any atom is -0.0139 e. The summed E-state index contributed by atoms with van der Waals surface area (Å²) < 4.78 is 0. The van der Waals surface area contributed by atoms with Gasteiger partial charge in [-0.25, -0.2) is 0 Å². The predicted molar refractivity (Wildman–Crippen MR) is 48.6 cm³/mol. The van der Waals surface area contributed by atoms with E-state index in [-0.39, 0.29) is 0 Å². The van der Waals surface area contributed by atoms with Gasteiger partial charge >= 0.3 is 0 Å². The second kappa shape index (κ2) is 1.14. The first-order valence-corrected chi connectivity index (χ1v) is 5.53. The van der Waals surface area contributed by atoms with Gasteiger partial charge in [-0.15, -0.1) is 0 Å². The van der Waals surface area contributed by atoms with E-state index in [1.807, 2.05) is 0 Å². The molecule has 5 saturated carbocycles. The molecule has 66 valence electrons. The number of rotatable bonds is 0. The van der Waals surface area contributed by atoms with Crippen molar-refractivity contribution in [3.63, 3.8) is 0 Å². The van der Waals surface area contributed by atoms with Crippen LogP contribution in [0.4, 0.5) is 0 Å². The van der Waals surface area contributed by atoms with Gasteiger partial charge in [-0.3, -0.25) is 0 Å². The van der Waals surface area contributed by atoms with Crippen LogP contribution in [0.5, 0.6) is 0 Å². The smallest absolute Gasteiger partial charge is 0.0139 e. The lowest BCUT2D eigenvalue weighted by Crippen LogP contribution is -2.57. The summed E-state index contributed by atoms with van der Waals surface area (Å²) in [5.74, 6) is 4.44. The third-order valence-electron chi connectivity index (χ3n) is 7.08. The minimum atomic E-state index is 0.773. The van der Waals surface area contributed by atoms with E-state index in [1.54, 1.807) is 0 Å². The summed E-state index contributed by atoms with van der Waals surface area (Å²) in [6, 6.07) is 0. The zero-order valence-electron chi connectivity index (χ0n) is 8.52. The minimum Gasteiger partial charge on any atom is -0.0619 e. The van der Waals surface area contributed by atoms with E-state index >= 15 is 0 Å². The summed E-state index contributed by atoms with van der Waals surface area (Å²) in [4.78, 5) is 0. The van der Waals surface area contributed by atoms with Crippen LogP contribution in [0.3, 0.4) is 0 Å². The van der Waals surface area contributed by atoms with Gasteiger partial charge in [0.1, 0.15) is 0 Å². The monoisotopic (exact) mass is 162 g/mol. The fraction of sp³-hybridized carbons (Fsp3) is 1.00. The topological polar surface area (TPSA) is 0 Å². The summed E-state index contributed by atoms with van der Waals surface area (Å²) in [6.07, 6.45) is 1.54. The van der Waals surface area contributed by atoms with E-state index in [2.05, 4.69) is 27.7 Å². The van der Waals surface area contributed by atoms with Crippen LogP contribution in [0, 0.1) is 39.9 Å². The normalized spacial score (nSPS) is 87.0. The molecule has 0 aromatic heterocycles. The summed E-state index contributed by atoms with van der Waals surface area (Å²) in [6.45, 7) is 10.2. The second-order valence-corrected chi connectivity index (χ2v) is 6.45. The van der Waals surface area contributed by atoms with E-state index in [9.17, 15) is 0 Å². The molecule has 0 aliphatic heterocycles. The Labute approximate surface area is 74.7 Å². The van der Waals surface area contributed by atoms with Gasteiger partial charge in [0.2, 0.25) is 0 Å². The molecule has 2 bridgehead atoms. The van der Waals surface area contributed by atoms with Gasteiger partial charge in [0, 0.05) is 0 Å². The molecular formula is C12H18. The van der Waals surface area contributed by atoms with Crippen LogP contribution >= 0.6 is 0 Å². The van der Waals surface area contributed by atoms with Crippen LogP contribution in [0.25, 0.3) is 0 Å². The van der Waals surface area contributed by atoms with E-state index in [0.717, 1.165) is 34.0 Å². The lowest BCUT2D eigenvalue weighted by molar-refractivity contribution is -0.145. The van der Waals surface area contributed by atoms with E-state index < -0.39 is 0 Å². The van der Waals surface area contributed by atoms with Gasteiger partial charge in [0.05, 0.1) is 0 Å². The molecule has 0 N–H and O–H groups in total. The molecule has 0 radical (unpaired) electrons. The number of hydrogen-bond acceptors (Lipinski definition) is 0. The van der Waals surface area contributed by atoms with Crippen LogP contribution in [-0.2, 0) is 0 Å². The molecule has 0 heteroatoms. The van der Waals surface area contributed by atoms with Gasteiger partial charge in [-0.1, -0.05) is 27.7 Å². The molecule has 5 fully saturated rings. The zero-order valence-corrected chi connectivity index (χ0v) is 8.52. The van der Waals surface area contributed by atoms with Crippen molar-refractivity contribution in [2.45, 2.75) is 34.1 Å². The van der Waals surface area contributed by atoms with Crippen molar-refractivity contribution in [2.24, 2.45) is 39.9 Å². The van der Waals surface area contributed by atoms with Crippen molar-refractivity contribution in [1.82, 2.24) is 0 Å². The van der Waals surface area contributed by atoms with Crippen LogP contribution in [0.15, 0.2) is 0 Å². The quantitative estimate of drug-likeness (QED) is 0.514. The highest BCUT2D eigenvalue weighted by molar-refractivity contribution is 5.50. The molecule has 0 saturated heterocycles. The van der Waals surface area contributed by atoms with Crippen molar-refractivity contribution < 1.29 is 0 Å². The molecule has 12 heavy (non-hydrogen) atoms. The second-order valence-electron chi connectivity index (χ2n) is 6.45. The summed E-state index contributed by atoms with van der Waals surface area (Å²) in [5, 5.41) is 0. The van der Waals surface area contributed by atoms with Crippen LogP contribution in [-0.4, -0.2) is 0 Å². The van der Waals surface area contributed by atoms with Gasteiger partial charge < -0.3 is 0 Å². The Morgan fingerprint density at radius 1 is 1.17 bits per heavy atom. The lowest BCUT2D eigenvalue weighted by Gasteiger charge is -2.61. The highest BCUT2D eigenvalue weighted by atomic mass is 15.1. The SMILES string of the molecule is CC1CC2(C)C3C4C(C)C2(C)C143. The van der Waals surface area contributed by atoms with Crippen molar-refractivity contribution >= 4 is 0 Å². The summed E-state index contributed by atoms with van der Waals surface area (Å²) in [7, 11) is 0. The van der Waals surface area contributed by atoms with E-state index in [4.69, 9.17) is 0 Å². The van der Waals surface area contributed by atoms with Crippen molar-refractivity contribution in [2.75, 3.05) is 0 Å². The first kappa shape index (κ1) is 6.45. The molecule has 0 nitrogen and oxygen atoms in total. The van der Waals surface area contributed by atoms with Gasteiger partial charge in [-0.2, -0.15) is 0 Å². The van der Waals surface area contributed by atoms with Crippen molar-refractivity contribution in [3.8, 4) is 0 Å². The summed E-state index contributed by atoms with van der Waals surface area (Å²) in [5.41, 5.74) is 2.44. The van der Waals surface area contributed by atoms with E-state index in [0.29, 0.717) is 0 Å². The molecule has 5 aliphatic rings. The third kappa shape index (κ3) is 0.233. The average molecular weight is 162 g/mol. The largest absolute Gasteiger partial charge is 0.0619 e. The van der Waals surface area contributed by atoms with Crippen LogP contribution in [0.1, 0.15) is 34.1 Å². The molecule has 7 atom stereocenters. The maximum absolute atomic E-state index is 2.58. The highest BCUT2D eigenvalue weighted by Gasteiger charge is 3.04. The highest BCUT2D eigenvalue weighted by Crippen LogP contribution is 3.08. The average Bonchev–Trinajstić information content (AvgIpc) is 2.46. The predicted octanol–water partition coefficient (Wildman–Crippen LogP) is 2.93. The Morgan fingerprint density at radius 3 is 2.17 bits per heavy atom. The fourth-order valence-electron chi connectivity index (χ4n) is 6.94. The van der Waals surface area contributed by atoms with Gasteiger partial charge in [0.25, 0.3) is 0 Å². The van der Waals surface area contributed by atoms with Gasteiger partial charge in [0.15, 0.2) is 0 Å². The van der Waals surface area contributed by atoms with Crippen molar-refractivity contribution in [3.05, 3.63) is 0 Å². The Balaban J connectivity index is 1.99. The Hall–Kier alpha value is 0. The molecule has 0 aromatic carbocycles. The zero-order chi connectivity index (χ0) is 8.52. The number of hydrogen-bond donors (Lipinski definition) is 0. The third-order valence-corrected chi connectivity index (χ3v) is 7.08. The van der Waals surface area contributed by atoms with Crippen molar-refractivity contribution in [1.29, 1.82) is 0 Å². The molecule has 5 aliphatic carbocycles. The lowest BCUT2D eigenvalue weighted by atomic mass is 9.43. The maximum atomic E-state index is 2.58. The molecule has 0 aromatic rings. The first-order valence-electron chi connectivity index (χ1n) is 5.53. The summed E-state index contributed by atoms with van der Waals surface area (Å²) >= 11 is 0. The van der Waals surface area contributed by atoms with Gasteiger partial charge in [-0.05, 0) is 46.3 Å². The Morgan fingerprint density at radius 2 is 1.83 bits per heavy atom. The Kier molecular flexibility index (Phi) is 0.616. The van der Waals surface area contributed by atoms with Crippen LogP contribution < -0.4 is 0 Å². The Bertz CT molecular complexity index is 299. The molecule has 0 heterocycles. The molecule has 1 spiro atoms. The standard InChI is InChI=1S/C12H18/c1-6-5-10(3)9-8-7(2)11(10,4)12(6,8)9/h6-9H,5H2,1-4H3.